The topological polar surface area (TPSA) is 20.3 Å². The van der Waals surface area contributed by atoms with Crippen molar-refractivity contribution in [2.75, 3.05) is 7.05 Å². The molecule has 1 amide bonds. The highest BCUT2D eigenvalue weighted by Crippen LogP contribution is 2.17. The molecule has 0 radical (unpaired) electrons. The monoisotopic (exact) mass is 205 g/mol. The van der Waals surface area contributed by atoms with Crippen LogP contribution < -0.4 is 0 Å². The van der Waals surface area contributed by atoms with E-state index in [0.29, 0.717) is 0 Å². The number of carbonyl (C=O) groups is 1. The average Bonchev–Trinajstić information content (AvgIpc) is 2.27. The summed E-state index contributed by atoms with van der Waals surface area (Å²) in [5, 5.41) is 0. The SMILES string of the molecule is CC(C(=O)N(C)C(C)C)c1ccccc1. The van der Waals surface area contributed by atoms with Crippen LogP contribution in [-0.4, -0.2) is 23.9 Å². The van der Waals surface area contributed by atoms with E-state index >= 15 is 0 Å². The van der Waals surface area contributed by atoms with Crippen molar-refractivity contribution in [1.82, 2.24) is 4.90 Å². The summed E-state index contributed by atoms with van der Waals surface area (Å²) in [6.45, 7) is 6.00. The highest BCUT2D eigenvalue weighted by Gasteiger charge is 2.20. The van der Waals surface area contributed by atoms with Crippen molar-refractivity contribution in [3.63, 3.8) is 0 Å². The number of amides is 1. The summed E-state index contributed by atoms with van der Waals surface area (Å²) >= 11 is 0. The van der Waals surface area contributed by atoms with Crippen molar-refractivity contribution in [2.24, 2.45) is 0 Å². The van der Waals surface area contributed by atoms with Crippen molar-refractivity contribution >= 4 is 5.91 Å². The molecule has 1 unspecified atom stereocenters. The summed E-state index contributed by atoms with van der Waals surface area (Å²) in [7, 11) is 1.85. The van der Waals surface area contributed by atoms with Crippen LogP contribution >= 0.6 is 0 Å². The Kier molecular flexibility index (Phi) is 3.89. The van der Waals surface area contributed by atoms with Crippen LogP contribution in [0.3, 0.4) is 0 Å². The summed E-state index contributed by atoms with van der Waals surface area (Å²) in [6, 6.07) is 10.1. The first-order chi connectivity index (χ1) is 7.04. The first kappa shape index (κ1) is 11.8. The fraction of sp³-hybridized carbons (Fsp3) is 0.462. The van der Waals surface area contributed by atoms with Crippen LogP contribution in [0.2, 0.25) is 0 Å². The molecule has 0 spiro atoms. The van der Waals surface area contributed by atoms with E-state index in [2.05, 4.69) is 0 Å². The van der Waals surface area contributed by atoms with E-state index in [1.807, 2.05) is 58.2 Å². The molecule has 0 N–H and O–H groups in total. The van der Waals surface area contributed by atoms with Crippen LogP contribution in [0.4, 0.5) is 0 Å². The van der Waals surface area contributed by atoms with Crippen molar-refractivity contribution in [1.29, 1.82) is 0 Å². The Morgan fingerprint density at radius 1 is 1.13 bits per heavy atom. The maximum absolute atomic E-state index is 12.0. The minimum absolute atomic E-state index is 0.0569. The van der Waals surface area contributed by atoms with Gasteiger partial charge >= 0.3 is 0 Å². The van der Waals surface area contributed by atoms with Crippen molar-refractivity contribution in [2.45, 2.75) is 32.7 Å². The molecular weight excluding hydrogens is 186 g/mol. The first-order valence-electron chi connectivity index (χ1n) is 5.35. The van der Waals surface area contributed by atoms with Gasteiger partial charge in [0.2, 0.25) is 5.91 Å². The summed E-state index contributed by atoms with van der Waals surface area (Å²) in [6.07, 6.45) is 0. The van der Waals surface area contributed by atoms with Gasteiger partial charge in [-0.25, -0.2) is 0 Å². The lowest BCUT2D eigenvalue weighted by atomic mass is 9.99. The third-order valence-corrected chi connectivity index (χ3v) is 2.79. The third-order valence-electron chi connectivity index (χ3n) is 2.79. The lowest BCUT2D eigenvalue weighted by molar-refractivity contribution is -0.132. The molecule has 1 aromatic carbocycles. The van der Waals surface area contributed by atoms with Crippen molar-refractivity contribution < 1.29 is 4.79 Å². The third kappa shape index (κ3) is 2.82. The first-order valence-corrected chi connectivity index (χ1v) is 5.35. The molecule has 1 aromatic rings. The van der Waals surface area contributed by atoms with Crippen LogP contribution in [0.1, 0.15) is 32.3 Å². The van der Waals surface area contributed by atoms with Crippen molar-refractivity contribution in [3.8, 4) is 0 Å². The predicted octanol–water partition coefficient (Wildman–Crippen LogP) is 2.66. The fourth-order valence-corrected chi connectivity index (χ4v) is 1.44. The van der Waals surface area contributed by atoms with E-state index < -0.39 is 0 Å². The normalized spacial score (nSPS) is 12.6. The molecule has 0 saturated heterocycles. The van der Waals surface area contributed by atoms with Gasteiger partial charge in [-0.3, -0.25) is 4.79 Å². The molecule has 0 fully saturated rings. The molecule has 0 aliphatic heterocycles. The van der Waals surface area contributed by atoms with Crippen LogP contribution in [0.5, 0.6) is 0 Å². The fourth-order valence-electron chi connectivity index (χ4n) is 1.44. The van der Waals surface area contributed by atoms with Crippen LogP contribution in [0.25, 0.3) is 0 Å². The summed E-state index contributed by atoms with van der Waals surface area (Å²) in [5.74, 6) is 0.120. The summed E-state index contributed by atoms with van der Waals surface area (Å²) in [5.41, 5.74) is 1.08. The number of hydrogen-bond donors (Lipinski definition) is 0. The molecule has 0 heterocycles. The number of likely N-dealkylation sites (N-methyl/N-ethyl adjacent to an activating group) is 1. The Morgan fingerprint density at radius 3 is 2.13 bits per heavy atom. The van der Waals surface area contributed by atoms with Gasteiger partial charge in [-0.1, -0.05) is 30.3 Å². The van der Waals surface area contributed by atoms with Gasteiger partial charge in [-0.15, -0.1) is 0 Å². The average molecular weight is 205 g/mol. The zero-order valence-corrected chi connectivity index (χ0v) is 9.90. The molecular formula is C13H19NO. The Morgan fingerprint density at radius 2 is 1.67 bits per heavy atom. The molecule has 0 aliphatic rings. The Bertz CT molecular complexity index is 319. The minimum Gasteiger partial charge on any atom is -0.343 e. The van der Waals surface area contributed by atoms with E-state index in [-0.39, 0.29) is 17.9 Å². The van der Waals surface area contributed by atoms with Crippen LogP contribution in [0, 0.1) is 0 Å². The van der Waals surface area contributed by atoms with Gasteiger partial charge in [0.05, 0.1) is 5.92 Å². The van der Waals surface area contributed by atoms with Gasteiger partial charge in [-0.2, -0.15) is 0 Å². The van der Waals surface area contributed by atoms with E-state index in [9.17, 15) is 4.79 Å². The Balaban J connectivity index is 2.78. The van der Waals surface area contributed by atoms with Gasteiger partial charge < -0.3 is 4.90 Å². The molecule has 15 heavy (non-hydrogen) atoms. The summed E-state index contributed by atoms with van der Waals surface area (Å²) < 4.78 is 0. The molecule has 0 aromatic heterocycles. The number of nitrogens with zero attached hydrogens (tertiary/aromatic N) is 1. The van der Waals surface area contributed by atoms with E-state index in [1.54, 1.807) is 4.90 Å². The molecule has 2 heteroatoms. The molecule has 0 saturated carbocycles. The second-order valence-corrected chi connectivity index (χ2v) is 4.18. The molecule has 82 valence electrons. The highest BCUT2D eigenvalue weighted by molar-refractivity contribution is 5.83. The lowest BCUT2D eigenvalue weighted by Crippen LogP contribution is -2.35. The molecule has 1 rings (SSSR count). The number of rotatable bonds is 3. The maximum atomic E-state index is 12.0. The highest BCUT2D eigenvalue weighted by atomic mass is 16.2. The number of hydrogen-bond acceptors (Lipinski definition) is 1. The Hall–Kier alpha value is -1.31. The standard InChI is InChI=1S/C13H19NO/c1-10(2)14(4)13(15)11(3)12-8-6-5-7-9-12/h5-11H,1-4H3. The maximum Gasteiger partial charge on any atom is 0.229 e. The molecule has 2 nitrogen and oxygen atoms in total. The van der Waals surface area contributed by atoms with E-state index in [4.69, 9.17) is 0 Å². The Labute approximate surface area is 91.9 Å². The van der Waals surface area contributed by atoms with Gasteiger partial charge in [0.15, 0.2) is 0 Å². The van der Waals surface area contributed by atoms with Gasteiger partial charge in [0.1, 0.15) is 0 Å². The van der Waals surface area contributed by atoms with Gasteiger partial charge in [0.25, 0.3) is 0 Å². The second-order valence-electron chi connectivity index (χ2n) is 4.18. The number of carbonyl (C=O) groups excluding carboxylic acids is 1. The predicted molar refractivity (Wildman–Crippen MR) is 62.8 cm³/mol. The number of benzene rings is 1. The van der Waals surface area contributed by atoms with Crippen molar-refractivity contribution in [3.05, 3.63) is 35.9 Å². The largest absolute Gasteiger partial charge is 0.343 e. The molecule has 0 aliphatic carbocycles. The van der Waals surface area contributed by atoms with Gasteiger partial charge in [-0.05, 0) is 26.3 Å². The zero-order valence-electron chi connectivity index (χ0n) is 9.90. The lowest BCUT2D eigenvalue weighted by Gasteiger charge is -2.25. The van der Waals surface area contributed by atoms with Gasteiger partial charge in [0, 0.05) is 13.1 Å². The smallest absolute Gasteiger partial charge is 0.229 e. The molecule has 0 bridgehead atoms. The summed E-state index contributed by atoms with van der Waals surface area (Å²) in [4.78, 5) is 13.8. The zero-order chi connectivity index (χ0) is 11.4. The van der Waals surface area contributed by atoms with E-state index in [0.717, 1.165) is 5.56 Å². The molecule has 1 atom stereocenters. The van der Waals surface area contributed by atoms with Crippen LogP contribution in [-0.2, 0) is 4.79 Å². The second kappa shape index (κ2) is 4.96. The quantitative estimate of drug-likeness (QED) is 0.743. The van der Waals surface area contributed by atoms with Crippen LogP contribution in [0.15, 0.2) is 30.3 Å². The van der Waals surface area contributed by atoms with E-state index in [1.165, 1.54) is 0 Å². The minimum atomic E-state index is -0.0569.